The average Bonchev–Trinajstić information content (AvgIpc) is 2.95. The maximum absolute atomic E-state index is 12.9. The summed E-state index contributed by atoms with van der Waals surface area (Å²) in [7, 11) is 0. The van der Waals surface area contributed by atoms with Crippen molar-refractivity contribution < 1.29 is 57.2 Å². The quantitative estimate of drug-likeness (QED) is 0.110. The molecule has 0 aliphatic carbocycles. The normalized spacial score (nSPS) is 12.6. The molecule has 0 aromatic carbocycles. The van der Waals surface area contributed by atoms with Crippen LogP contribution < -0.4 is 0 Å². The van der Waals surface area contributed by atoms with Gasteiger partial charge >= 0.3 is 35.8 Å². The molecule has 232 valence electrons. The van der Waals surface area contributed by atoms with Gasteiger partial charge in [-0.1, -0.05) is 40.9 Å². The fraction of sp³-hybridized carbons (Fsp3) is 0.655. The van der Waals surface area contributed by atoms with Gasteiger partial charge in [-0.2, -0.15) is 0 Å². The van der Waals surface area contributed by atoms with Crippen LogP contribution in [0.4, 0.5) is 0 Å². The highest BCUT2D eigenvalue weighted by Crippen LogP contribution is 2.21. The van der Waals surface area contributed by atoms with Crippen molar-refractivity contribution in [3.05, 3.63) is 24.3 Å². The Labute approximate surface area is 241 Å². The maximum atomic E-state index is 12.9. The molecule has 0 saturated heterocycles. The monoisotopic (exact) mass is 584 g/mol. The summed E-state index contributed by atoms with van der Waals surface area (Å²) in [6.45, 7) is 15.8. The first-order valence-electron chi connectivity index (χ1n) is 13.8. The van der Waals surface area contributed by atoms with Gasteiger partial charge in [-0.05, 0) is 32.6 Å². The number of hydrogen-bond donors (Lipinski definition) is 0. The average molecular weight is 585 g/mol. The molecule has 0 amide bonds. The Morgan fingerprint density at radius 2 is 0.927 bits per heavy atom. The second kappa shape index (κ2) is 21.1. The Morgan fingerprint density at radius 1 is 0.561 bits per heavy atom. The van der Waals surface area contributed by atoms with E-state index in [-0.39, 0.29) is 37.6 Å². The summed E-state index contributed by atoms with van der Waals surface area (Å²) in [6.07, 6.45) is 0.131. The van der Waals surface area contributed by atoms with Crippen LogP contribution >= 0.6 is 0 Å². The van der Waals surface area contributed by atoms with Crippen molar-refractivity contribution in [1.82, 2.24) is 0 Å². The van der Waals surface area contributed by atoms with Crippen LogP contribution in [0.1, 0.15) is 73.1 Å². The summed E-state index contributed by atoms with van der Waals surface area (Å²) >= 11 is 0. The highest BCUT2D eigenvalue weighted by atomic mass is 16.6. The van der Waals surface area contributed by atoms with Gasteiger partial charge in [0, 0.05) is 11.1 Å². The first-order valence-corrected chi connectivity index (χ1v) is 13.8. The summed E-state index contributed by atoms with van der Waals surface area (Å²) in [5.41, 5.74) is -0.567. The minimum atomic E-state index is -1.39. The summed E-state index contributed by atoms with van der Waals surface area (Å²) in [4.78, 5) is 74.8. The Balaban J connectivity index is 5.48. The van der Waals surface area contributed by atoms with Gasteiger partial charge in [0.25, 0.3) is 0 Å². The van der Waals surface area contributed by atoms with Crippen molar-refractivity contribution in [3.63, 3.8) is 0 Å². The summed E-state index contributed by atoms with van der Waals surface area (Å²) in [6, 6.07) is 0. The Bertz CT molecular complexity index is 923. The van der Waals surface area contributed by atoms with Gasteiger partial charge in [0.15, 0.2) is 0 Å². The van der Waals surface area contributed by atoms with Crippen molar-refractivity contribution in [2.24, 2.45) is 11.8 Å². The highest BCUT2D eigenvalue weighted by molar-refractivity contribution is 5.97. The minimum Gasteiger partial charge on any atom is -0.466 e. The topological polar surface area (TPSA) is 158 Å². The zero-order valence-electron chi connectivity index (χ0n) is 24.8. The van der Waals surface area contributed by atoms with E-state index in [0.29, 0.717) is 25.7 Å². The fourth-order valence-corrected chi connectivity index (χ4v) is 3.05. The van der Waals surface area contributed by atoms with Gasteiger partial charge in [0.2, 0.25) is 0 Å². The van der Waals surface area contributed by atoms with Crippen LogP contribution in [-0.2, 0) is 57.2 Å². The molecule has 0 heterocycles. The molecular weight excluding hydrogens is 540 g/mol. The third-order valence-corrected chi connectivity index (χ3v) is 5.26. The van der Waals surface area contributed by atoms with Gasteiger partial charge in [0.1, 0.15) is 12.7 Å². The third kappa shape index (κ3) is 15.0. The standard InChI is InChI=1S/C29H44O12/c1-8-12-36-24(30)16-22(20(6)26(32)38-14-10-3)28(34)40-18-19(5)41-29(35)23(17-25(31)37-13-9-2)21(7)27(33)39-15-11-4/h19,22-23H,6-18H2,1-5H3. The van der Waals surface area contributed by atoms with E-state index in [4.69, 9.17) is 28.4 Å². The van der Waals surface area contributed by atoms with Crippen molar-refractivity contribution in [2.45, 2.75) is 79.2 Å². The molecule has 0 aromatic rings. The Morgan fingerprint density at radius 3 is 1.32 bits per heavy atom. The van der Waals surface area contributed by atoms with Crippen molar-refractivity contribution >= 4 is 35.8 Å². The first kappa shape index (κ1) is 37.3. The lowest BCUT2D eigenvalue weighted by Gasteiger charge is -2.21. The van der Waals surface area contributed by atoms with Gasteiger partial charge in [0.05, 0.1) is 51.1 Å². The molecule has 0 aliphatic rings. The van der Waals surface area contributed by atoms with E-state index in [1.54, 1.807) is 27.7 Å². The Kier molecular flexibility index (Phi) is 19.2. The largest absolute Gasteiger partial charge is 0.466 e. The second-order valence-electron chi connectivity index (χ2n) is 9.15. The zero-order valence-corrected chi connectivity index (χ0v) is 24.8. The number of carbonyl (C=O) groups excluding carboxylic acids is 6. The number of carbonyl (C=O) groups is 6. The SMILES string of the molecule is C=C(C(=O)OCCC)C(CC(=O)OCCC)C(=O)OCC(C)OC(=O)C(CC(=O)OCCC)C(=C)C(=O)OCCC. The van der Waals surface area contributed by atoms with Crippen molar-refractivity contribution in [1.29, 1.82) is 0 Å². The summed E-state index contributed by atoms with van der Waals surface area (Å²) < 4.78 is 30.6. The number of ether oxygens (including phenoxy) is 6. The fourth-order valence-electron chi connectivity index (χ4n) is 3.05. The van der Waals surface area contributed by atoms with E-state index in [1.807, 2.05) is 0 Å². The van der Waals surface area contributed by atoms with Crippen molar-refractivity contribution in [2.75, 3.05) is 33.0 Å². The number of esters is 6. The van der Waals surface area contributed by atoms with E-state index in [2.05, 4.69) is 13.2 Å². The molecule has 0 radical (unpaired) electrons. The van der Waals surface area contributed by atoms with Crippen LogP contribution in [-0.4, -0.2) is 75.0 Å². The summed E-state index contributed by atoms with van der Waals surface area (Å²) in [5.74, 6) is -7.92. The zero-order chi connectivity index (χ0) is 31.4. The number of rotatable bonds is 21. The van der Waals surface area contributed by atoms with Crippen LogP contribution in [0.25, 0.3) is 0 Å². The van der Waals surface area contributed by atoms with Crippen LogP contribution in [0, 0.1) is 11.8 Å². The van der Waals surface area contributed by atoms with Crippen molar-refractivity contribution in [3.8, 4) is 0 Å². The van der Waals surface area contributed by atoms with E-state index in [0.717, 1.165) is 0 Å². The lowest BCUT2D eigenvalue weighted by molar-refractivity contribution is -0.165. The van der Waals surface area contributed by atoms with Crippen LogP contribution in [0.2, 0.25) is 0 Å². The third-order valence-electron chi connectivity index (χ3n) is 5.26. The molecule has 12 nitrogen and oxygen atoms in total. The molecule has 0 fully saturated rings. The van der Waals surface area contributed by atoms with E-state index < -0.39 is 73.2 Å². The lowest BCUT2D eigenvalue weighted by atomic mass is 9.96. The smallest absolute Gasteiger partial charge is 0.334 e. The highest BCUT2D eigenvalue weighted by Gasteiger charge is 2.34. The molecule has 41 heavy (non-hydrogen) atoms. The second-order valence-corrected chi connectivity index (χ2v) is 9.15. The molecule has 0 spiro atoms. The van der Waals surface area contributed by atoms with E-state index >= 15 is 0 Å². The van der Waals surface area contributed by atoms with Gasteiger partial charge < -0.3 is 28.4 Å². The Hall–Kier alpha value is -3.70. The van der Waals surface area contributed by atoms with Gasteiger partial charge in [-0.3, -0.25) is 19.2 Å². The molecule has 0 N–H and O–H groups in total. The van der Waals surface area contributed by atoms with Gasteiger partial charge in [-0.25, -0.2) is 9.59 Å². The predicted molar refractivity (Wildman–Crippen MR) is 146 cm³/mol. The summed E-state index contributed by atoms with van der Waals surface area (Å²) in [5, 5.41) is 0. The molecule has 0 aliphatic heterocycles. The molecule has 12 heteroatoms. The van der Waals surface area contributed by atoms with Crippen LogP contribution in [0.15, 0.2) is 24.3 Å². The predicted octanol–water partition coefficient (Wildman–Crippen LogP) is 3.40. The number of hydrogen-bond acceptors (Lipinski definition) is 12. The molecule has 0 rings (SSSR count). The van der Waals surface area contributed by atoms with Crippen LogP contribution in [0.3, 0.4) is 0 Å². The van der Waals surface area contributed by atoms with E-state index in [1.165, 1.54) is 6.92 Å². The molecule has 3 atom stereocenters. The maximum Gasteiger partial charge on any atom is 0.334 e. The lowest BCUT2D eigenvalue weighted by Crippen LogP contribution is -2.33. The molecule has 0 bridgehead atoms. The van der Waals surface area contributed by atoms with Gasteiger partial charge in [-0.15, -0.1) is 0 Å². The van der Waals surface area contributed by atoms with E-state index in [9.17, 15) is 28.8 Å². The molecular formula is C29H44O12. The molecule has 0 aromatic heterocycles. The van der Waals surface area contributed by atoms with Crippen LogP contribution in [0.5, 0.6) is 0 Å². The molecule has 0 saturated carbocycles. The molecule has 3 unspecified atom stereocenters. The minimum absolute atomic E-state index is 0.0939. The first-order chi connectivity index (χ1) is 19.4.